The maximum Gasteiger partial charge on any atom is 0.242 e. The van der Waals surface area contributed by atoms with E-state index in [0.717, 1.165) is 17.5 Å². The molecule has 0 saturated heterocycles. The lowest BCUT2D eigenvalue weighted by atomic mass is 10.1. The Morgan fingerprint density at radius 3 is 2.48 bits per heavy atom. The molecule has 0 spiro atoms. The predicted octanol–water partition coefficient (Wildman–Crippen LogP) is 4.40. The largest absolute Gasteiger partial charge is 0.497 e. The molecule has 0 bridgehead atoms. The zero-order valence-corrected chi connectivity index (χ0v) is 19.4. The molecule has 0 saturated carbocycles. The van der Waals surface area contributed by atoms with Crippen molar-refractivity contribution >= 4 is 23.6 Å². The summed E-state index contributed by atoms with van der Waals surface area (Å²) in [5, 5.41) is 2.96. The van der Waals surface area contributed by atoms with Crippen LogP contribution >= 0.6 is 11.8 Å². The number of benzene rings is 2. The third kappa shape index (κ3) is 7.90. The number of nitrogens with zero attached hydrogens (tertiary/aromatic N) is 1. The Balaban J connectivity index is 2.09. The summed E-state index contributed by atoms with van der Waals surface area (Å²) in [5.74, 6) is 0.938. The minimum absolute atomic E-state index is 0.0385. The molecule has 0 fully saturated rings. The lowest BCUT2D eigenvalue weighted by molar-refractivity contribution is -0.138. The van der Waals surface area contributed by atoms with Gasteiger partial charge in [0.05, 0.1) is 12.9 Å². The van der Waals surface area contributed by atoms with Crippen LogP contribution in [0.5, 0.6) is 5.75 Å². The van der Waals surface area contributed by atoms with Crippen molar-refractivity contribution in [2.45, 2.75) is 51.6 Å². The van der Waals surface area contributed by atoms with Crippen molar-refractivity contribution in [2.24, 2.45) is 0 Å². The zero-order chi connectivity index (χ0) is 22.8. The Bertz CT molecular complexity index is 860. The van der Waals surface area contributed by atoms with Gasteiger partial charge in [-0.25, -0.2) is 4.39 Å². The van der Waals surface area contributed by atoms with Crippen LogP contribution in [0, 0.1) is 5.82 Å². The van der Waals surface area contributed by atoms with Crippen molar-refractivity contribution in [3.05, 3.63) is 65.5 Å². The molecule has 2 amide bonds. The fourth-order valence-electron chi connectivity index (χ4n) is 2.94. The highest BCUT2D eigenvalue weighted by Crippen LogP contribution is 2.19. The summed E-state index contributed by atoms with van der Waals surface area (Å²) in [6.07, 6.45) is 0.815. The average Bonchev–Trinajstić information content (AvgIpc) is 2.78. The van der Waals surface area contributed by atoms with Crippen LogP contribution in [0.25, 0.3) is 0 Å². The molecule has 0 aliphatic carbocycles. The van der Waals surface area contributed by atoms with Crippen LogP contribution in [-0.2, 0) is 21.9 Å². The molecule has 168 valence electrons. The van der Waals surface area contributed by atoms with Gasteiger partial charge in [-0.1, -0.05) is 31.2 Å². The van der Waals surface area contributed by atoms with Gasteiger partial charge in [0, 0.05) is 18.3 Å². The van der Waals surface area contributed by atoms with Crippen LogP contribution in [-0.4, -0.2) is 41.7 Å². The number of rotatable bonds is 11. The normalized spacial score (nSPS) is 12.7. The van der Waals surface area contributed by atoms with E-state index >= 15 is 0 Å². The standard InChI is InChI=1S/C24H31FN2O3S/c1-5-17(2)26-24(29)18(3)27(14-20-7-6-8-22(13-20)30-4)23(28)16-31-15-19-9-11-21(25)12-10-19/h6-13,17-18H,5,14-16H2,1-4H3,(H,26,29)/t17-,18+/m1/s1. The second kappa shape index (κ2) is 12.3. The van der Waals surface area contributed by atoms with E-state index < -0.39 is 6.04 Å². The third-order valence-electron chi connectivity index (χ3n) is 5.06. The van der Waals surface area contributed by atoms with Crippen molar-refractivity contribution in [1.29, 1.82) is 0 Å². The summed E-state index contributed by atoms with van der Waals surface area (Å²) in [4.78, 5) is 27.4. The number of amides is 2. The van der Waals surface area contributed by atoms with Gasteiger partial charge in [-0.15, -0.1) is 11.8 Å². The number of halogens is 1. The molecule has 2 aromatic rings. The van der Waals surface area contributed by atoms with Gasteiger partial charge in [0.15, 0.2) is 0 Å². The van der Waals surface area contributed by atoms with E-state index in [4.69, 9.17) is 4.74 Å². The molecule has 0 aliphatic heterocycles. The lowest BCUT2D eigenvalue weighted by Crippen LogP contribution is -2.50. The van der Waals surface area contributed by atoms with Gasteiger partial charge >= 0.3 is 0 Å². The monoisotopic (exact) mass is 446 g/mol. The van der Waals surface area contributed by atoms with Crippen molar-refractivity contribution in [2.75, 3.05) is 12.9 Å². The number of carbonyl (C=O) groups is 2. The van der Waals surface area contributed by atoms with Crippen molar-refractivity contribution < 1.29 is 18.7 Å². The summed E-state index contributed by atoms with van der Waals surface area (Å²) in [6, 6.07) is 13.2. The molecule has 1 N–H and O–H groups in total. The Labute approximate surface area is 188 Å². The first-order valence-corrected chi connectivity index (χ1v) is 11.5. The second-order valence-corrected chi connectivity index (χ2v) is 8.47. The number of ether oxygens (including phenoxy) is 1. The van der Waals surface area contributed by atoms with Gasteiger partial charge in [-0.05, 0) is 55.7 Å². The van der Waals surface area contributed by atoms with Crippen LogP contribution < -0.4 is 10.1 Å². The molecule has 7 heteroatoms. The SMILES string of the molecule is CC[C@@H](C)NC(=O)[C@H](C)N(Cc1cccc(OC)c1)C(=O)CSCc1ccc(F)cc1. The molecular formula is C24H31FN2O3S. The summed E-state index contributed by atoms with van der Waals surface area (Å²) >= 11 is 1.44. The van der Waals surface area contributed by atoms with Crippen LogP contribution in [0.2, 0.25) is 0 Å². The van der Waals surface area contributed by atoms with Crippen molar-refractivity contribution in [3.8, 4) is 5.75 Å². The number of hydrogen-bond acceptors (Lipinski definition) is 4. The van der Waals surface area contributed by atoms with E-state index in [0.29, 0.717) is 18.0 Å². The smallest absolute Gasteiger partial charge is 0.242 e. The fraction of sp³-hybridized carbons (Fsp3) is 0.417. The predicted molar refractivity (Wildman–Crippen MR) is 123 cm³/mol. The van der Waals surface area contributed by atoms with E-state index in [-0.39, 0.29) is 29.4 Å². The number of nitrogens with one attached hydrogen (secondary N) is 1. The van der Waals surface area contributed by atoms with Crippen LogP contribution in [0.3, 0.4) is 0 Å². The number of hydrogen-bond donors (Lipinski definition) is 1. The molecule has 0 aromatic heterocycles. The molecule has 5 nitrogen and oxygen atoms in total. The van der Waals surface area contributed by atoms with Gasteiger partial charge in [0.25, 0.3) is 0 Å². The summed E-state index contributed by atoms with van der Waals surface area (Å²) in [5.41, 5.74) is 1.83. The molecule has 2 aromatic carbocycles. The summed E-state index contributed by atoms with van der Waals surface area (Å²) in [6.45, 7) is 6.00. The van der Waals surface area contributed by atoms with Gasteiger partial charge in [-0.2, -0.15) is 0 Å². The van der Waals surface area contributed by atoms with Gasteiger partial charge in [0.2, 0.25) is 11.8 Å². The fourth-order valence-corrected chi connectivity index (χ4v) is 3.81. The Morgan fingerprint density at radius 1 is 1.13 bits per heavy atom. The Hall–Kier alpha value is -2.54. The van der Waals surface area contributed by atoms with E-state index in [2.05, 4.69) is 5.32 Å². The van der Waals surface area contributed by atoms with Crippen LogP contribution in [0.4, 0.5) is 4.39 Å². The van der Waals surface area contributed by atoms with Crippen LogP contribution in [0.15, 0.2) is 48.5 Å². The maximum absolute atomic E-state index is 13.1. The molecule has 0 unspecified atom stereocenters. The van der Waals surface area contributed by atoms with Gasteiger partial charge < -0.3 is 15.0 Å². The second-order valence-electron chi connectivity index (χ2n) is 7.49. The highest BCUT2D eigenvalue weighted by molar-refractivity contribution is 7.99. The number of thioether (sulfide) groups is 1. The first-order chi connectivity index (χ1) is 14.8. The molecule has 2 rings (SSSR count). The lowest BCUT2D eigenvalue weighted by Gasteiger charge is -2.29. The number of methoxy groups -OCH3 is 1. The number of carbonyl (C=O) groups excluding carboxylic acids is 2. The highest BCUT2D eigenvalue weighted by atomic mass is 32.2. The summed E-state index contributed by atoms with van der Waals surface area (Å²) in [7, 11) is 1.59. The van der Waals surface area contributed by atoms with Crippen LogP contribution in [0.1, 0.15) is 38.3 Å². The van der Waals surface area contributed by atoms with Gasteiger partial charge in [0.1, 0.15) is 17.6 Å². The van der Waals surface area contributed by atoms with E-state index in [1.165, 1.54) is 23.9 Å². The minimum atomic E-state index is -0.612. The third-order valence-corrected chi connectivity index (χ3v) is 6.05. The molecule has 0 heterocycles. The molecule has 31 heavy (non-hydrogen) atoms. The minimum Gasteiger partial charge on any atom is -0.497 e. The topological polar surface area (TPSA) is 58.6 Å². The molecule has 2 atom stereocenters. The van der Waals surface area contributed by atoms with Crippen molar-refractivity contribution in [3.63, 3.8) is 0 Å². The first-order valence-electron chi connectivity index (χ1n) is 10.4. The highest BCUT2D eigenvalue weighted by Gasteiger charge is 2.26. The Morgan fingerprint density at radius 2 is 1.84 bits per heavy atom. The Kier molecular flexibility index (Phi) is 9.85. The maximum atomic E-state index is 13.1. The summed E-state index contributed by atoms with van der Waals surface area (Å²) < 4.78 is 18.4. The molecular weight excluding hydrogens is 415 g/mol. The van der Waals surface area contributed by atoms with E-state index in [9.17, 15) is 14.0 Å². The van der Waals surface area contributed by atoms with Gasteiger partial charge in [-0.3, -0.25) is 9.59 Å². The zero-order valence-electron chi connectivity index (χ0n) is 18.6. The van der Waals surface area contributed by atoms with Crippen molar-refractivity contribution in [1.82, 2.24) is 10.2 Å². The average molecular weight is 447 g/mol. The molecule has 0 radical (unpaired) electrons. The quantitative estimate of drug-likeness (QED) is 0.556. The van der Waals surface area contributed by atoms with E-state index in [1.807, 2.05) is 38.1 Å². The first kappa shape index (κ1) is 24.7. The molecule has 0 aliphatic rings. The van der Waals surface area contributed by atoms with E-state index in [1.54, 1.807) is 31.1 Å².